The molecular weight excluding hydrogens is 339 g/mol. The molecule has 0 saturated carbocycles. The molecule has 0 aliphatic heterocycles. The molecule has 1 unspecified atom stereocenters. The predicted molar refractivity (Wildman–Crippen MR) is 81.0 cm³/mol. The lowest BCUT2D eigenvalue weighted by atomic mass is 9.96. The fourth-order valence-corrected chi connectivity index (χ4v) is 2.25. The highest BCUT2D eigenvalue weighted by Crippen LogP contribution is 2.22. The van der Waals surface area contributed by atoms with Gasteiger partial charge in [-0.25, -0.2) is 4.39 Å². The molecule has 0 heterocycles. The average Bonchev–Trinajstić information content (AvgIpc) is 2.45. The third-order valence-electron chi connectivity index (χ3n) is 3.04. The Balaban J connectivity index is 1.98. The van der Waals surface area contributed by atoms with Crippen LogP contribution in [0.25, 0.3) is 0 Å². The maximum atomic E-state index is 13.2. The van der Waals surface area contributed by atoms with Crippen LogP contribution in [0.2, 0.25) is 0 Å². The van der Waals surface area contributed by atoms with E-state index in [0.717, 1.165) is 4.47 Å². The van der Waals surface area contributed by atoms with Crippen LogP contribution in [0.15, 0.2) is 53.0 Å². The first-order valence-corrected chi connectivity index (χ1v) is 7.22. The molecule has 1 atom stereocenters. The van der Waals surface area contributed by atoms with Crippen molar-refractivity contribution in [3.8, 4) is 5.75 Å². The largest absolute Gasteiger partial charge is 0.494 e. The van der Waals surface area contributed by atoms with Gasteiger partial charge in [-0.1, -0.05) is 28.1 Å². The SMILES string of the molecule is O=C(O)C(CCOc1ccc(Br)cc1)c1cccc(F)c1. The highest BCUT2D eigenvalue weighted by atomic mass is 79.9. The van der Waals surface area contributed by atoms with Crippen LogP contribution in [0.3, 0.4) is 0 Å². The van der Waals surface area contributed by atoms with Crippen LogP contribution in [0, 0.1) is 5.82 Å². The number of rotatable bonds is 6. The van der Waals surface area contributed by atoms with Gasteiger partial charge in [0.15, 0.2) is 0 Å². The zero-order valence-corrected chi connectivity index (χ0v) is 12.7. The molecule has 0 aromatic heterocycles. The molecule has 1 N–H and O–H groups in total. The van der Waals surface area contributed by atoms with Gasteiger partial charge in [-0.3, -0.25) is 4.79 Å². The molecule has 0 amide bonds. The van der Waals surface area contributed by atoms with Gasteiger partial charge in [0, 0.05) is 4.47 Å². The van der Waals surface area contributed by atoms with Crippen LogP contribution in [0.1, 0.15) is 17.9 Å². The third-order valence-corrected chi connectivity index (χ3v) is 3.57. The van der Waals surface area contributed by atoms with E-state index in [0.29, 0.717) is 11.3 Å². The Labute approximate surface area is 130 Å². The van der Waals surface area contributed by atoms with Crippen molar-refractivity contribution >= 4 is 21.9 Å². The van der Waals surface area contributed by atoms with Crippen LogP contribution < -0.4 is 4.74 Å². The Morgan fingerprint density at radius 3 is 2.57 bits per heavy atom. The van der Waals surface area contributed by atoms with Crippen molar-refractivity contribution in [1.82, 2.24) is 0 Å². The molecule has 0 aliphatic rings. The summed E-state index contributed by atoms with van der Waals surface area (Å²) in [7, 11) is 0. The van der Waals surface area contributed by atoms with Crippen LogP contribution in [0.5, 0.6) is 5.75 Å². The van der Waals surface area contributed by atoms with Gasteiger partial charge >= 0.3 is 5.97 Å². The summed E-state index contributed by atoms with van der Waals surface area (Å²) in [5, 5.41) is 9.27. The second kappa shape index (κ2) is 7.22. The zero-order valence-electron chi connectivity index (χ0n) is 11.1. The molecule has 0 fully saturated rings. The van der Waals surface area contributed by atoms with E-state index in [9.17, 15) is 14.3 Å². The van der Waals surface area contributed by atoms with Gasteiger partial charge in [-0.15, -0.1) is 0 Å². The summed E-state index contributed by atoms with van der Waals surface area (Å²) in [6.45, 7) is 0.245. The van der Waals surface area contributed by atoms with E-state index in [1.807, 2.05) is 12.1 Å². The van der Waals surface area contributed by atoms with Crippen molar-refractivity contribution in [2.24, 2.45) is 0 Å². The second-order valence-electron chi connectivity index (χ2n) is 4.54. The summed E-state index contributed by atoms with van der Waals surface area (Å²) >= 11 is 3.32. The molecule has 21 heavy (non-hydrogen) atoms. The lowest BCUT2D eigenvalue weighted by molar-refractivity contribution is -0.139. The number of carboxylic acid groups (broad SMARTS) is 1. The number of halogens is 2. The standard InChI is InChI=1S/C16H14BrFO3/c17-12-4-6-14(7-5-12)21-9-8-15(16(19)20)11-2-1-3-13(18)10-11/h1-7,10,15H,8-9H2,(H,19,20). The number of aliphatic carboxylic acids is 1. The molecule has 0 radical (unpaired) electrons. The summed E-state index contributed by atoms with van der Waals surface area (Å²) in [5.41, 5.74) is 0.446. The number of hydrogen-bond donors (Lipinski definition) is 1. The fraction of sp³-hybridized carbons (Fsp3) is 0.188. The molecule has 3 nitrogen and oxygen atoms in total. The first-order chi connectivity index (χ1) is 10.1. The number of hydrogen-bond acceptors (Lipinski definition) is 2. The Morgan fingerprint density at radius 2 is 1.95 bits per heavy atom. The number of carboxylic acids is 1. The first-order valence-electron chi connectivity index (χ1n) is 6.43. The first kappa shape index (κ1) is 15.5. The van der Waals surface area contributed by atoms with Gasteiger partial charge in [-0.2, -0.15) is 0 Å². The summed E-state index contributed by atoms with van der Waals surface area (Å²) in [4.78, 5) is 11.3. The predicted octanol–water partition coefficient (Wildman–Crippen LogP) is 4.23. The van der Waals surface area contributed by atoms with Crippen LogP contribution >= 0.6 is 15.9 Å². The Hall–Kier alpha value is -1.88. The number of ether oxygens (including phenoxy) is 1. The molecule has 0 saturated heterocycles. The van der Waals surface area contributed by atoms with Gasteiger partial charge in [0.25, 0.3) is 0 Å². The van der Waals surface area contributed by atoms with Gasteiger partial charge in [-0.05, 0) is 48.4 Å². The molecule has 110 valence electrons. The molecular formula is C16H14BrFO3. The lowest BCUT2D eigenvalue weighted by Gasteiger charge is -2.13. The number of carbonyl (C=O) groups is 1. The maximum absolute atomic E-state index is 13.2. The van der Waals surface area contributed by atoms with Gasteiger partial charge in [0.2, 0.25) is 0 Å². The molecule has 2 aromatic rings. The van der Waals surface area contributed by atoms with Crippen LogP contribution in [-0.4, -0.2) is 17.7 Å². The Morgan fingerprint density at radius 1 is 1.24 bits per heavy atom. The molecule has 2 rings (SSSR count). The van der Waals surface area contributed by atoms with E-state index in [1.54, 1.807) is 18.2 Å². The highest BCUT2D eigenvalue weighted by Gasteiger charge is 2.20. The quantitative estimate of drug-likeness (QED) is 0.846. The molecule has 0 bridgehead atoms. The summed E-state index contributed by atoms with van der Waals surface area (Å²) in [5.74, 6) is -1.54. The third kappa shape index (κ3) is 4.56. The topological polar surface area (TPSA) is 46.5 Å². The molecule has 2 aromatic carbocycles. The van der Waals surface area contributed by atoms with E-state index in [2.05, 4.69) is 15.9 Å². The van der Waals surface area contributed by atoms with Gasteiger partial charge < -0.3 is 9.84 Å². The van der Waals surface area contributed by atoms with Crippen LogP contribution in [-0.2, 0) is 4.79 Å². The van der Waals surface area contributed by atoms with Crippen molar-refractivity contribution in [3.63, 3.8) is 0 Å². The minimum atomic E-state index is -0.986. The zero-order chi connectivity index (χ0) is 15.2. The highest BCUT2D eigenvalue weighted by molar-refractivity contribution is 9.10. The van der Waals surface area contributed by atoms with Crippen LogP contribution in [0.4, 0.5) is 4.39 Å². The minimum Gasteiger partial charge on any atom is -0.494 e. The summed E-state index contributed by atoms with van der Waals surface area (Å²) in [6.07, 6.45) is 0.273. The second-order valence-corrected chi connectivity index (χ2v) is 5.45. The van der Waals surface area contributed by atoms with E-state index < -0.39 is 17.7 Å². The van der Waals surface area contributed by atoms with Crippen molar-refractivity contribution in [1.29, 1.82) is 0 Å². The van der Waals surface area contributed by atoms with E-state index in [4.69, 9.17) is 4.74 Å². The lowest BCUT2D eigenvalue weighted by Crippen LogP contribution is -2.15. The smallest absolute Gasteiger partial charge is 0.311 e. The fourth-order valence-electron chi connectivity index (χ4n) is 1.98. The van der Waals surface area contributed by atoms with Crippen molar-refractivity contribution in [3.05, 3.63) is 64.4 Å². The summed E-state index contributed by atoms with van der Waals surface area (Å²) < 4.78 is 19.6. The molecule has 0 aliphatic carbocycles. The molecule has 0 spiro atoms. The van der Waals surface area contributed by atoms with Gasteiger partial charge in [0.1, 0.15) is 11.6 Å². The number of benzene rings is 2. The van der Waals surface area contributed by atoms with E-state index >= 15 is 0 Å². The van der Waals surface area contributed by atoms with Crippen molar-refractivity contribution in [2.45, 2.75) is 12.3 Å². The van der Waals surface area contributed by atoms with E-state index in [-0.39, 0.29) is 13.0 Å². The van der Waals surface area contributed by atoms with Crippen molar-refractivity contribution in [2.75, 3.05) is 6.61 Å². The molecule has 5 heteroatoms. The van der Waals surface area contributed by atoms with Crippen molar-refractivity contribution < 1.29 is 19.0 Å². The minimum absolute atomic E-state index is 0.245. The normalized spacial score (nSPS) is 11.9. The van der Waals surface area contributed by atoms with E-state index in [1.165, 1.54) is 18.2 Å². The Kier molecular flexibility index (Phi) is 5.33. The maximum Gasteiger partial charge on any atom is 0.311 e. The Bertz CT molecular complexity index is 613. The summed E-state index contributed by atoms with van der Waals surface area (Å²) in [6, 6.07) is 12.9. The average molecular weight is 353 g/mol. The monoisotopic (exact) mass is 352 g/mol. The van der Waals surface area contributed by atoms with Gasteiger partial charge in [0.05, 0.1) is 12.5 Å².